The third-order valence-corrected chi connectivity index (χ3v) is 6.41. The van der Waals surface area contributed by atoms with Crippen LogP contribution in [0.25, 0.3) is 21.1 Å². The Morgan fingerprint density at radius 3 is 2.53 bits per heavy atom. The van der Waals surface area contributed by atoms with Crippen molar-refractivity contribution in [3.05, 3.63) is 47.5 Å². The molecule has 1 unspecified atom stereocenters. The number of ether oxygens (including phenoxy) is 3. The summed E-state index contributed by atoms with van der Waals surface area (Å²) in [6.45, 7) is 10.6. The lowest BCUT2D eigenvalue weighted by atomic mass is 10.0. The third kappa shape index (κ3) is 5.33. The molecular weight excluding hydrogens is 450 g/mol. The lowest BCUT2D eigenvalue weighted by Gasteiger charge is -2.22. The summed E-state index contributed by atoms with van der Waals surface area (Å²) >= 11 is 1.54. The minimum Gasteiger partial charge on any atom is -0.490 e. The summed E-state index contributed by atoms with van der Waals surface area (Å²) in [5.41, 5.74) is 3.78. The molecule has 1 N–H and O–H groups in total. The first kappa shape index (κ1) is 24.0. The van der Waals surface area contributed by atoms with Gasteiger partial charge in [0.1, 0.15) is 15.6 Å². The van der Waals surface area contributed by atoms with Gasteiger partial charge >= 0.3 is 6.09 Å². The van der Waals surface area contributed by atoms with E-state index < -0.39 is 11.7 Å². The highest BCUT2D eigenvalue weighted by atomic mass is 32.1. The van der Waals surface area contributed by atoms with Gasteiger partial charge in [-0.25, -0.2) is 4.79 Å². The van der Waals surface area contributed by atoms with Crippen molar-refractivity contribution in [2.75, 3.05) is 13.2 Å². The van der Waals surface area contributed by atoms with Crippen LogP contribution in [-0.4, -0.2) is 35.1 Å². The number of nitrogens with zero attached hydrogens (tertiary/aromatic N) is 2. The van der Waals surface area contributed by atoms with Crippen LogP contribution in [0.3, 0.4) is 0 Å². The number of carbonyl (C=O) groups is 1. The van der Waals surface area contributed by atoms with E-state index in [-0.39, 0.29) is 6.04 Å². The highest BCUT2D eigenvalue weighted by Crippen LogP contribution is 2.41. The summed E-state index contributed by atoms with van der Waals surface area (Å²) in [4.78, 5) is 12.3. The van der Waals surface area contributed by atoms with Gasteiger partial charge in [0.05, 0.1) is 19.3 Å². The zero-order chi connectivity index (χ0) is 24.3. The van der Waals surface area contributed by atoms with Crippen LogP contribution in [0.1, 0.15) is 58.2 Å². The maximum Gasteiger partial charge on any atom is 0.408 e. The van der Waals surface area contributed by atoms with E-state index in [2.05, 4.69) is 27.6 Å². The fraction of sp³-hybridized carbons (Fsp3) is 0.423. The first-order valence-electron chi connectivity index (χ1n) is 11.6. The summed E-state index contributed by atoms with van der Waals surface area (Å²) in [6, 6.07) is 11.9. The molecule has 0 radical (unpaired) electrons. The molecule has 8 heteroatoms. The highest BCUT2D eigenvalue weighted by Gasteiger charge is 2.29. The zero-order valence-corrected chi connectivity index (χ0v) is 21.1. The fourth-order valence-electron chi connectivity index (χ4n) is 4.09. The molecule has 7 nitrogen and oxygen atoms in total. The van der Waals surface area contributed by atoms with Crippen molar-refractivity contribution in [1.82, 2.24) is 15.5 Å². The van der Waals surface area contributed by atoms with E-state index in [1.807, 2.05) is 58.9 Å². The summed E-state index contributed by atoms with van der Waals surface area (Å²) in [6.07, 6.45) is 1.29. The molecule has 3 aromatic rings. The Bertz CT molecular complexity index is 1170. The quantitative estimate of drug-likeness (QED) is 0.434. The molecule has 0 fully saturated rings. The van der Waals surface area contributed by atoms with Gasteiger partial charge in [-0.1, -0.05) is 29.5 Å². The van der Waals surface area contributed by atoms with Gasteiger partial charge in [-0.2, -0.15) is 0 Å². The molecule has 1 aromatic heterocycles. The van der Waals surface area contributed by atoms with Gasteiger partial charge in [-0.15, -0.1) is 10.2 Å². The minimum atomic E-state index is -0.529. The largest absolute Gasteiger partial charge is 0.490 e. The number of hydrogen-bond acceptors (Lipinski definition) is 7. The Morgan fingerprint density at radius 1 is 1.06 bits per heavy atom. The van der Waals surface area contributed by atoms with Crippen LogP contribution in [0.4, 0.5) is 4.79 Å². The predicted octanol–water partition coefficient (Wildman–Crippen LogP) is 6.18. The fourth-order valence-corrected chi connectivity index (χ4v) is 4.98. The van der Waals surface area contributed by atoms with Gasteiger partial charge < -0.3 is 19.5 Å². The van der Waals surface area contributed by atoms with E-state index in [0.29, 0.717) is 19.0 Å². The Balaban J connectivity index is 1.58. The molecule has 0 spiro atoms. The topological polar surface area (TPSA) is 82.6 Å². The maximum absolute atomic E-state index is 12.3. The normalized spacial score (nSPS) is 15.0. The number of nitrogens with one attached hydrogen (secondary N) is 1. The van der Waals surface area contributed by atoms with Crippen LogP contribution < -0.4 is 14.8 Å². The van der Waals surface area contributed by atoms with Gasteiger partial charge in [-0.3, -0.25) is 0 Å². The van der Waals surface area contributed by atoms with Crippen LogP contribution >= 0.6 is 11.3 Å². The molecule has 2 aromatic carbocycles. The number of benzene rings is 2. The standard InChI is InChI=1S/C26H31N3O4S/c1-6-31-21-14-11-16(15-22(21)32-7-2)23-28-29-24(34-23)19-10-8-9-18-17(19)12-13-20(18)27-25(30)33-26(3,4)5/h8-11,14-15,20H,6-7,12-13H2,1-5H3,(H,27,30). The molecule has 180 valence electrons. The molecule has 1 heterocycles. The average molecular weight is 482 g/mol. The van der Waals surface area contributed by atoms with Crippen molar-refractivity contribution in [1.29, 1.82) is 0 Å². The number of carbonyl (C=O) groups excluding carboxylic acids is 1. The van der Waals surface area contributed by atoms with Crippen molar-refractivity contribution in [3.8, 4) is 32.6 Å². The van der Waals surface area contributed by atoms with Crippen molar-refractivity contribution in [2.24, 2.45) is 0 Å². The van der Waals surface area contributed by atoms with E-state index in [1.54, 1.807) is 11.3 Å². The number of aromatic nitrogens is 2. The van der Waals surface area contributed by atoms with Crippen molar-refractivity contribution >= 4 is 17.4 Å². The maximum atomic E-state index is 12.3. The molecule has 34 heavy (non-hydrogen) atoms. The van der Waals surface area contributed by atoms with E-state index >= 15 is 0 Å². The molecule has 0 aliphatic heterocycles. The van der Waals surface area contributed by atoms with E-state index in [0.717, 1.165) is 45.3 Å². The Labute approximate surface area is 204 Å². The van der Waals surface area contributed by atoms with Crippen molar-refractivity contribution in [3.63, 3.8) is 0 Å². The third-order valence-electron chi connectivity index (χ3n) is 5.41. The number of fused-ring (bicyclic) bond motifs is 1. The number of rotatable bonds is 7. The first-order valence-corrected chi connectivity index (χ1v) is 12.5. The summed E-state index contributed by atoms with van der Waals surface area (Å²) in [7, 11) is 0. The zero-order valence-electron chi connectivity index (χ0n) is 20.3. The lowest BCUT2D eigenvalue weighted by molar-refractivity contribution is 0.0503. The molecule has 1 amide bonds. The van der Waals surface area contributed by atoms with Crippen molar-refractivity contribution in [2.45, 2.75) is 59.1 Å². The predicted molar refractivity (Wildman–Crippen MR) is 134 cm³/mol. The summed E-state index contributed by atoms with van der Waals surface area (Å²) < 4.78 is 16.9. The first-order chi connectivity index (χ1) is 16.3. The Kier molecular flexibility index (Phi) is 7.07. The molecule has 0 saturated carbocycles. The molecule has 1 aliphatic carbocycles. The minimum absolute atomic E-state index is 0.0722. The second-order valence-corrected chi connectivity index (χ2v) is 10.0. The van der Waals surface area contributed by atoms with Gasteiger partial charge in [0.25, 0.3) is 0 Å². The second-order valence-electron chi connectivity index (χ2n) is 9.05. The summed E-state index contributed by atoms with van der Waals surface area (Å²) in [5.74, 6) is 1.43. The second kappa shape index (κ2) is 10.0. The smallest absolute Gasteiger partial charge is 0.408 e. The van der Waals surface area contributed by atoms with Crippen LogP contribution in [0.15, 0.2) is 36.4 Å². The van der Waals surface area contributed by atoms with Crippen LogP contribution in [0, 0.1) is 0 Å². The highest BCUT2D eigenvalue weighted by molar-refractivity contribution is 7.17. The molecular formula is C26H31N3O4S. The van der Waals surface area contributed by atoms with E-state index in [1.165, 1.54) is 5.56 Å². The number of hydrogen-bond donors (Lipinski definition) is 1. The van der Waals surface area contributed by atoms with Gasteiger partial charge in [-0.05, 0) is 76.8 Å². The van der Waals surface area contributed by atoms with Crippen molar-refractivity contribution < 1.29 is 19.0 Å². The Morgan fingerprint density at radius 2 is 1.79 bits per heavy atom. The summed E-state index contributed by atoms with van der Waals surface area (Å²) in [5, 5.41) is 13.6. The molecule has 4 rings (SSSR count). The van der Waals surface area contributed by atoms with Crippen LogP contribution in [0.2, 0.25) is 0 Å². The monoisotopic (exact) mass is 481 g/mol. The molecule has 0 bridgehead atoms. The van der Waals surface area contributed by atoms with E-state index in [4.69, 9.17) is 14.2 Å². The molecule has 0 saturated heterocycles. The average Bonchev–Trinajstić information content (AvgIpc) is 3.42. The Hall–Kier alpha value is -3.13. The van der Waals surface area contributed by atoms with Crippen LogP contribution in [-0.2, 0) is 11.2 Å². The molecule has 1 aliphatic rings. The SMILES string of the molecule is CCOc1ccc(-c2nnc(-c3cccc4c3CCC4NC(=O)OC(C)(C)C)s2)cc1OCC. The molecule has 1 atom stereocenters. The van der Waals surface area contributed by atoms with Crippen LogP contribution in [0.5, 0.6) is 11.5 Å². The van der Waals surface area contributed by atoms with Gasteiger partial charge in [0.15, 0.2) is 11.5 Å². The van der Waals surface area contributed by atoms with E-state index in [9.17, 15) is 4.79 Å². The van der Waals surface area contributed by atoms with Gasteiger partial charge in [0.2, 0.25) is 0 Å². The lowest BCUT2D eigenvalue weighted by Crippen LogP contribution is -2.34. The number of amides is 1. The van der Waals surface area contributed by atoms with Gasteiger partial charge in [0, 0.05) is 11.1 Å². The number of alkyl carbamates (subject to hydrolysis) is 1.